The van der Waals surface area contributed by atoms with Gasteiger partial charge in [-0.1, -0.05) is 44.4 Å². The molecule has 0 unspecified atom stereocenters. The number of thiazole rings is 1. The van der Waals surface area contributed by atoms with Crippen LogP contribution in [0.15, 0.2) is 30.4 Å². The summed E-state index contributed by atoms with van der Waals surface area (Å²) in [4.78, 5) is 46.4. The third kappa shape index (κ3) is 10.2. The van der Waals surface area contributed by atoms with Crippen LogP contribution < -0.4 is 5.32 Å². The predicted molar refractivity (Wildman–Crippen MR) is 173 cm³/mol. The highest BCUT2D eigenvalue weighted by Gasteiger charge is 2.31. The van der Waals surface area contributed by atoms with Gasteiger partial charge in [-0.2, -0.15) is 0 Å². The Morgan fingerprint density at radius 3 is 2.56 bits per heavy atom. The number of rotatable bonds is 15. The molecule has 1 saturated heterocycles. The summed E-state index contributed by atoms with van der Waals surface area (Å²) in [5.74, 6) is -0.180. The highest BCUT2D eigenvalue weighted by atomic mass is 35.5. The summed E-state index contributed by atoms with van der Waals surface area (Å²) in [6.07, 6.45) is 7.86. The number of benzene rings is 1. The van der Waals surface area contributed by atoms with Crippen LogP contribution in [0.2, 0.25) is 5.02 Å². The Bertz CT molecular complexity index is 1400. The minimum absolute atomic E-state index is 0.0497. The number of ketones is 2. The molecule has 1 aliphatic carbocycles. The van der Waals surface area contributed by atoms with E-state index in [4.69, 9.17) is 16.6 Å². The molecule has 1 aromatic heterocycles. The van der Waals surface area contributed by atoms with Crippen molar-refractivity contribution in [2.24, 2.45) is 11.8 Å². The lowest BCUT2D eigenvalue weighted by atomic mass is 9.81. The number of fused-ring (bicyclic) bond motifs is 1. The van der Waals surface area contributed by atoms with Crippen molar-refractivity contribution >= 4 is 60.5 Å². The molecule has 2 fully saturated rings. The third-order valence-electron chi connectivity index (χ3n) is 8.66. The van der Waals surface area contributed by atoms with Crippen LogP contribution in [0, 0.1) is 11.8 Å². The summed E-state index contributed by atoms with van der Waals surface area (Å²) >= 11 is 7.66. The predicted octanol–water partition coefficient (Wildman–Crippen LogP) is 5.57. The fourth-order valence-corrected chi connectivity index (χ4v) is 8.75. The first-order valence-electron chi connectivity index (χ1n) is 15.5. The van der Waals surface area contributed by atoms with Gasteiger partial charge >= 0.3 is 0 Å². The molecule has 11 heteroatoms. The van der Waals surface area contributed by atoms with Crippen molar-refractivity contribution in [2.45, 2.75) is 83.6 Å². The fraction of sp³-hybridized carbons (Fsp3) is 0.625. The summed E-state index contributed by atoms with van der Waals surface area (Å²) in [6.45, 7) is 7.15. The fourth-order valence-electron chi connectivity index (χ4n) is 6.15. The van der Waals surface area contributed by atoms with E-state index in [2.05, 4.69) is 11.9 Å². The zero-order valence-electron chi connectivity index (χ0n) is 25.1. The summed E-state index contributed by atoms with van der Waals surface area (Å²) in [6, 6.07) is 5.37. The molecular formula is C32H44ClN3O5S2. The van der Waals surface area contributed by atoms with E-state index < -0.39 is 15.8 Å². The third-order valence-corrected chi connectivity index (χ3v) is 11.5. The highest BCUT2D eigenvalue weighted by molar-refractivity contribution is 7.91. The van der Waals surface area contributed by atoms with Gasteiger partial charge in [-0.15, -0.1) is 11.3 Å². The van der Waals surface area contributed by atoms with Gasteiger partial charge in [0.25, 0.3) is 0 Å². The standard InChI is InChI=1S/C32H44ClN3O5S2/c1-3-7-26(37)18-24(19-31-34-28-11-10-25(33)20-30(28)42-31)32(39)35-27(23-8-5-4-6-9-23)12-13-29(38)22(2)21-36-14-16-43(40,41)17-15-36/h10-11,20,23-24,27H,2-9,12-19,21H2,1H3,(H,35,39)/t24-,27+/m0/s1. The van der Waals surface area contributed by atoms with Crippen LogP contribution in [0.1, 0.15) is 76.1 Å². The number of carbonyl (C=O) groups excluding carboxylic acids is 3. The normalized spacial score (nSPS) is 19.1. The van der Waals surface area contributed by atoms with Crippen molar-refractivity contribution in [3.05, 3.63) is 40.4 Å². The van der Waals surface area contributed by atoms with Crippen molar-refractivity contribution in [3.8, 4) is 0 Å². The van der Waals surface area contributed by atoms with E-state index in [1.807, 2.05) is 24.0 Å². The highest BCUT2D eigenvalue weighted by Crippen LogP contribution is 2.31. The van der Waals surface area contributed by atoms with Gasteiger partial charge in [0.05, 0.1) is 32.6 Å². The second-order valence-electron chi connectivity index (χ2n) is 12.1. The number of nitrogens with zero attached hydrogens (tertiary/aromatic N) is 2. The van der Waals surface area contributed by atoms with Crippen LogP contribution in [0.25, 0.3) is 10.2 Å². The first-order valence-corrected chi connectivity index (χ1v) is 18.6. The average molecular weight is 650 g/mol. The molecule has 1 aromatic carbocycles. The summed E-state index contributed by atoms with van der Waals surface area (Å²) in [5.41, 5.74) is 1.31. The van der Waals surface area contributed by atoms with Crippen molar-refractivity contribution in [3.63, 3.8) is 0 Å². The Hall–Kier alpha value is -2.14. The lowest BCUT2D eigenvalue weighted by Gasteiger charge is -2.32. The van der Waals surface area contributed by atoms with Gasteiger partial charge in [0.2, 0.25) is 5.91 Å². The molecule has 1 aliphatic heterocycles. The summed E-state index contributed by atoms with van der Waals surface area (Å²) < 4.78 is 24.4. The monoisotopic (exact) mass is 649 g/mol. The van der Waals surface area contributed by atoms with Gasteiger partial charge in [-0.05, 0) is 49.8 Å². The second-order valence-corrected chi connectivity index (χ2v) is 16.0. The molecule has 2 aliphatic rings. The lowest BCUT2D eigenvalue weighted by molar-refractivity contribution is -0.130. The zero-order valence-corrected chi connectivity index (χ0v) is 27.5. The maximum Gasteiger partial charge on any atom is 0.224 e. The smallest absolute Gasteiger partial charge is 0.224 e. The maximum atomic E-state index is 13.8. The van der Waals surface area contributed by atoms with Crippen LogP contribution in [-0.2, 0) is 30.6 Å². The number of carbonyl (C=O) groups is 3. The van der Waals surface area contributed by atoms with Gasteiger partial charge in [0, 0.05) is 62.0 Å². The Kier molecular flexibility index (Phi) is 12.3. The topological polar surface area (TPSA) is 114 Å². The molecule has 8 nitrogen and oxygen atoms in total. The molecule has 2 heterocycles. The minimum atomic E-state index is -2.99. The van der Waals surface area contributed by atoms with Crippen LogP contribution in [0.3, 0.4) is 0 Å². The molecule has 2 aromatic rings. The largest absolute Gasteiger partial charge is 0.353 e. The molecular weight excluding hydrogens is 606 g/mol. The number of nitrogens with one attached hydrogen (secondary N) is 1. The molecule has 1 amide bonds. The number of aromatic nitrogens is 1. The SMILES string of the molecule is C=C(CN1CCS(=O)(=O)CC1)C(=O)CC[C@@H](NC(=O)[C@@H](CC(=O)CCC)Cc1nc2ccc(Cl)cc2s1)C1CCCCC1. The molecule has 236 valence electrons. The number of halogens is 1. The molecule has 1 N–H and O–H groups in total. The molecule has 2 atom stereocenters. The molecule has 0 radical (unpaired) electrons. The Morgan fingerprint density at radius 1 is 1.14 bits per heavy atom. The van der Waals surface area contributed by atoms with E-state index in [-0.39, 0.29) is 53.8 Å². The number of sulfone groups is 1. The number of amides is 1. The number of Topliss-reactive ketones (excluding diaryl/α,β-unsaturated/α-hetero) is 2. The van der Waals surface area contributed by atoms with Crippen LogP contribution >= 0.6 is 22.9 Å². The second kappa shape index (κ2) is 15.7. The number of hydrogen-bond donors (Lipinski definition) is 1. The average Bonchev–Trinajstić information content (AvgIpc) is 3.37. The molecule has 4 rings (SSSR count). The van der Waals surface area contributed by atoms with Crippen molar-refractivity contribution in [1.82, 2.24) is 15.2 Å². The molecule has 43 heavy (non-hydrogen) atoms. The Labute approximate surface area is 264 Å². The van der Waals surface area contributed by atoms with E-state index in [0.717, 1.165) is 47.3 Å². The van der Waals surface area contributed by atoms with Crippen LogP contribution in [0.5, 0.6) is 0 Å². The van der Waals surface area contributed by atoms with Crippen LogP contribution in [0.4, 0.5) is 0 Å². The first-order chi connectivity index (χ1) is 20.5. The van der Waals surface area contributed by atoms with Gasteiger partial charge in [-0.25, -0.2) is 13.4 Å². The summed E-state index contributed by atoms with van der Waals surface area (Å²) in [7, 11) is -2.99. The van der Waals surface area contributed by atoms with E-state index >= 15 is 0 Å². The Balaban J connectivity index is 1.42. The van der Waals surface area contributed by atoms with Gasteiger partial charge in [0.1, 0.15) is 5.78 Å². The van der Waals surface area contributed by atoms with E-state index in [9.17, 15) is 22.8 Å². The van der Waals surface area contributed by atoms with E-state index in [0.29, 0.717) is 49.5 Å². The minimum Gasteiger partial charge on any atom is -0.353 e. The molecule has 1 saturated carbocycles. The van der Waals surface area contributed by atoms with Gasteiger partial charge < -0.3 is 5.32 Å². The van der Waals surface area contributed by atoms with Gasteiger partial charge in [-0.3, -0.25) is 19.3 Å². The number of hydrogen-bond acceptors (Lipinski definition) is 8. The van der Waals surface area contributed by atoms with Crippen molar-refractivity contribution in [1.29, 1.82) is 0 Å². The van der Waals surface area contributed by atoms with Crippen LogP contribution in [-0.4, -0.2) is 73.0 Å². The summed E-state index contributed by atoms with van der Waals surface area (Å²) in [5, 5.41) is 4.72. The lowest BCUT2D eigenvalue weighted by Crippen LogP contribution is -2.45. The quantitative estimate of drug-likeness (QED) is 0.251. The molecule has 0 spiro atoms. The van der Waals surface area contributed by atoms with E-state index in [1.54, 1.807) is 6.07 Å². The first kappa shape index (κ1) is 33.7. The maximum absolute atomic E-state index is 13.8. The van der Waals surface area contributed by atoms with E-state index in [1.165, 1.54) is 17.8 Å². The van der Waals surface area contributed by atoms with Crippen molar-refractivity contribution < 1.29 is 22.8 Å². The van der Waals surface area contributed by atoms with Gasteiger partial charge in [0.15, 0.2) is 15.6 Å². The Morgan fingerprint density at radius 2 is 1.86 bits per heavy atom. The van der Waals surface area contributed by atoms with Crippen molar-refractivity contribution in [2.75, 3.05) is 31.1 Å². The molecule has 0 bridgehead atoms. The zero-order chi connectivity index (χ0) is 31.0.